The second kappa shape index (κ2) is 5.03. The van der Waals surface area contributed by atoms with Gasteiger partial charge in [-0.05, 0) is 60.9 Å². The third-order valence-corrected chi connectivity index (χ3v) is 5.93. The lowest BCUT2D eigenvalue weighted by Crippen LogP contribution is -2.29. The highest BCUT2D eigenvalue weighted by Gasteiger charge is 2.31. The average molecular weight is 367 g/mol. The number of nitrogens with zero attached hydrogens (tertiary/aromatic N) is 1. The first-order valence-corrected chi connectivity index (χ1v) is 8.72. The fourth-order valence-electron chi connectivity index (χ4n) is 2.50. The molecule has 21 heavy (non-hydrogen) atoms. The molecule has 2 aromatic rings. The van der Waals surface area contributed by atoms with Gasteiger partial charge in [-0.25, -0.2) is 8.42 Å². The zero-order chi connectivity index (χ0) is 15.2. The number of benzene rings is 2. The van der Waals surface area contributed by atoms with Crippen LogP contribution in [-0.4, -0.2) is 15.0 Å². The van der Waals surface area contributed by atoms with Crippen LogP contribution in [0, 0.1) is 6.92 Å². The van der Waals surface area contributed by atoms with E-state index in [0.29, 0.717) is 24.2 Å². The standard InChI is InChI=1S/C15H13BrNO3S/c1-10-8-13(3-5-15(10)18)21(19,20)17-7-6-11-9-12(16)2-4-14(11)17/h2-5,8-9H,6-7H2,1H3. The molecule has 4 nitrogen and oxygen atoms in total. The van der Waals surface area contributed by atoms with Crippen molar-refractivity contribution in [2.45, 2.75) is 18.2 Å². The predicted molar refractivity (Wildman–Crippen MR) is 83.7 cm³/mol. The van der Waals surface area contributed by atoms with Gasteiger partial charge in [0.1, 0.15) is 0 Å². The molecule has 1 aliphatic rings. The van der Waals surface area contributed by atoms with E-state index >= 15 is 0 Å². The molecule has 0 saturated carbocycles. The molecule has 0 amide bonds. The van der Waals surface area contributed by atoms with Crippen LogP contribution in [0.4, 0.5) is 5.69 Å². The summed E-state index contributed by atoms with van der Waals surface area (Å²) >= 11 is 3.39. The summed E-state index contributed by atoms with van der Waals surface area (Å²) in [6.45, 7) is 2.04. The first-order chi connectivity index (χ1) is 9.89. The van der Waals surface area contributed by atoms with Crippen LogP contribution in [0.5, 0.6) is 5.75 Å². The molecule has 0 spiro atoms. The summed E-state index contributed by atoms with van der Waals surface area (Å²) in [5, 5.41) is 11.4. The molecule has 0 atom stereocenters. The fraction of sp³-hybridized carbons (Fsp3) is 0.200. The minimum Gasteiger partial charge on any atom is -0.290 e. The Bertz CT molecular complexity index is 818. The quantitative estimate of drug-likeness (QED) is 0.814. The molecule has 0 aliphatic carbocycles. The van der Waals surface area contributed by atoms with Gasteiger partial charge in [0.05, 0.1) is 10.6 Å². The molecular weight excluding hydrogens is 354 g/mol. The highest BCUT2D eigenvalue weighted by molar-refractivity contribution is 9.10. The topological polar surface area (TPSA) is 57.3 Å². The summed E-state index contributed by atoms with van der Waals surface area (Å²) in [6, 6.07) is 9.70. The van der Waals surface area contributed by atoms with Crippen LogP contribution in [0.3, 0.4) is 0 Å². The van der Waals surface area contributed by atoms with Crippen LogP contribution in [-0.2, 0) is 21.6 Å². The Balaban J connectivity index is 2.07. The van der Waals surface area contributed by atoms with E-state index in [0.717, 1.165) is 10.0 Å². The molecule has 1 aliphatic heterocycles. The highest BCUT2D eigenvalue weighted by atomic mass is 79.9. The number of halogens is 1. The van der Waals surface area contributed by atoms with Crippen LogP contribution in [0.15, 0.2) is 45.8 Å². The molecule has 109 valence electrons. The van der Waals surface area contributed by atoms with Crippen molar-refractivity contribution < 1.29 is 13.5 Å². The summed E-state index contributed by atoms with van der Waals surface area (Å²) in [5.41, 5.74) is 2.15. The molecule has 6 heteroatoms. The Morgan fingerprint density at radius 3 is 2.62 bits per heavy atom. The first kappa shape index (κ1) is 14.4. The molecule has 0 aromatic heterocycles. The Labute approximate surface area is 132 Å². The van der Waals surface area contributed by atoms with Gasteiger partial charge in [-0.1, -0.05) is 15.9 Å². The van der Waals surface area contributed by atoms with E-state index in [-0.39, 0.29) is 10.6 Å². The molecule has 3 rings (SSSR count). The molecule has 0 N–H and O–H groups in total. The van der Waals surface area contributed by atoms with Crippen LogP contribution < -0.4 is 4.31 Å². The lowest BCUT2D eigenvalue weighted by molar-refractivity contribution is 0.351. The van der Waals surface area contributed by atoms with Crippen LogP contribution in [0.25, 0.3) is 0 Å². The number of hydrogen-bond acceptors (Lipinski definition) is 2. The number of aryl methyl sites for hydroxylation is 1. The van der Waals surface area contributed by atoms with Crippen molar-refractivity contribution in [3.63, 3.8) is 0 Å². The molecule has 0 saturated heterocycles. The summed E-state index contributed by atoms with van der Waals surface area (Å²) in [5.74, 6) is -0.153. The van der Waals surface area contributed by atoms with Crippen molar-refractivity contribution in [1.29, 1.82) is 0 Å². The number of anilines is 1. The minimum absolute atomic E-state index is 0.153. The normalized spacial score (nSPS) is 14.3. The highest BCUT2D eigenvalue weighted by Crippen LogP contribution is 2.35. The van der Waals surface area contributed by atoms with Gasteiger partial charge in [0.25, 0.3) is 10.0 Å². The van der Waals surface area contributed by atoms with Gasteiger partial charge < -0.3 is 0 Å². The number of hydrogen-bond donors (Lipinski definition) is 0. The number of sulfonamides is 1. The van der Waals surface area contributed by atoms with E-state index in [1.54, 1.807) is 13.0 Å². The maximum atomic E-state index is 12.8. The van der Waals surface area contributed by atoms with E-state index in [4.69, 9.17) is 0 Å². The average Bonchev–Trinajstić information content (AvgIpc) is 2.85. The van der Waals surface area contributed by atoms with E-state index in [1.807, 2.05) is 12.1 Å². The third-order valence-electron chi connectivity index (χ3n) is 3.63. The smallest absolute Gasteiger partial charge is 0.264 e. The van der Waals surface area contributed by atoms with Crippen molar-refractivity contribution >= 4 is 31.6 Å². The lowest BCUT2D eigenvalue weighted by atomic mass is 10.2. The van der Waals surface area contributed by atoms with E-state index < -0.39 is 10.0 Å². The lowest BCUT2D eigenvalue weighted by Gasteiger charge is -2.20. The maximum Gasteiger partial charge on any atom is 0.264 e. The Hall–Kier alpha value is -1.53. The molecule has 1 radical (unpaired) electrons. The van der Waals surface area contributed by atoms with E-state index in [1.165, 1.54) is 22.5 Å². The zero-order valence-electron chi connectivity index (χ0n) is 11.3. The first-order valence-electron chi connectivity index (χ1n) is 6.48. The fourth-order valence-corrected chi connectivity index (χ4v) is 4.50. The van der Waals surface area contributed by atoms with Gasteiger partial charge >= 0.3 is 0 Å². The van der Waals surface area contributed by atoms with Gasteiger partial charge in [0.2, 0.25) is 0 Å². The Morgan fingerprint density at radius 2 is 1.90 bits per heavy atom. The second-order valence-corrected chi connectivity index (χ2v) is 7.81. The van der Waals surface area contributed by atoms with E-state index in [2.05, 4.69) is 15.9 Å². The largest absolute Gasteiger partial charge is 0.290 e. The third kappa shape index (κ3) is 2.42. The summed E-state index contributed by atoms with van der Waals surface area (Å²) < 4.78 is 27.9. The van der Waals surface area contributed by atoms with Gasteiger partial charge in [0, 0.05) is 11.0 Å². The molecule has 2 aromatic carbocycles. The summed E-state index contributed by atoms with van der Waals surface area (Å²) in [7, 11) is -3.63. The van der Waals surface area contributed by atoms with Crippen molar-refractivity contribution in [3.05, 3.63) is 52.0 Å². The minimum atomic E-state index is -3.63. The number of fused-ring (bicyclic) bond motifs is 1. The van der Waals surface area contributed by atoms with Crippen molar-refractivity contribution in [2.24, 2.45) is 0 Å². The monoisotopic (exact) mass is 366 g/mol. The Morgan fingerprint density at radius 1 is 1.14 bits per heavy atom. The van der Waals surface area contributed by atoms with Crippen LogP contribution in [0.2, 0.25) is 0 Å². The Kier molecular flexibility index (Phi) is 3.45. The zero-order valence-corrected chi connectivity index (χ0v) is 13.7. The van der Waals surface area contributed by atoms with Crippen LogP contribution >= 0.6 is 15.9 Å². The van der Waals surface area contributed by atoms with Gasteiger partial charge in [-0.3, -0.25) is 9.41 Å². The molecule has 0 bridgehead atoms. The molecule has 0 fully saturated rings. The molecule has 0 unspecified atom stereocenters. The van der Waals surface area contributed by atoms with Crippen molar-refractivity contribution in [1.82, 2.24) is 0 Å². The molecular formula is C15H13BrNO3S. The van der Waals surface area contributed by atoms with Crippen molar-refractivity contribution in [3.8, 4) is 5.75 Å². The van der Waals surface area contributed by atoms with Gasteiger partial charge in [0.15, 0.2) is 5.75 Å². The SMILES string of the molecule is Cc1cc(S(=O)(=O)N2CCc3cc(Br)ccc32)ccc1[O]. The summed E-state index contributed by atoms with van der Waals surface area (Å²) in [4.78, 5) is 0.162. The van der Waals surface area contributed by atoms with Crippen molar-refractivity contribution in [2.75, 3.05) is 10.8 Å². The van der Waals surface area contributed by atoms with Gasteiger partial charge in [-0.2, -0.15) is 0 Å². The van der Waals surface area contributed by atoms with E-state index in [9.17, 15) is 13.5 Å². The molecule has 1 heterocycles. The number of rotatable bonds is 2. The summed E-state index contributed by atoms with van der Waals surface area (Å²) in [6.07, 6.45) is 0.687. The second-order valence-electron chi connectivity index (χ2n) is 5.03. The van der Waals surface area contributed by atoms with Gasteiger partial charge in [-0.15, -0.1) is 0 Å². The maximum absolute atomic E-state index is 12.8. The van der Waals surface area contributed by atoms with Crippen LogP contribution in [0.1, 0.15) is 11.1 Å². The predicted octanol–water partition coefficient (Wildman–Crippen LogP) is 3.65.